The van der Waals surface area contributed by atoms with Gasteiger partial charge in [0, 0.05) is 0 Å². The molecule has 1 atom stereocenters. The SMILES string of the molecule is CC1COc2ccccc2N1C(=O)COc1ccc(F)cc1. The topological polar surface area (TPSA) is 38.8 Å². The lowest BCUT2D eigenvalue weighted by atomic mass is 10.1. The Morgan fingerprint density at radius 1 is 1.27 bits per heavy atom. The van der Waals surface area contributed by atoms with E-state index in [0.717, 1.165) is 5.69 Å². The number of rotatable bonds is 3. The maximum atomic E-state index is 12.8. The molecule has 0 spiro atoms. The van der Waals surface area contributed by atoms with Crippen molar-refractivity contribution in [3.63, 3.8) is 0 Å². The average molecular weight is 301 g/mol. The third-order valence-electron chi connectivity index (χ3n) is 3.49. The van der Waals surface area contributed by atoms with Gasteiger partial charge in [-0.1, -0.05) is 12.1 Å². The molecular weight excluding hydrogens is 285 g/mol. The number of hydrogen-bond acceptors (Lipinski definition) is 3. The first-order valence-electron chi connectivity index (χ1n) is 7.07. The van der Waals surface area contributed by atoms with Gasteiger partial charge in [0.05, 0.1) is 11.7 Å². The lowest BCUT2D eigenvalue weighted by Crippen LogP contribution is -2.47. The highest BCUT2D eigenvalue weighted by atomic mass is 19.1. The van der Waals surface area contributed by atoms with Crippen LogP contribution in [0.1, 0.15) is 6.92 Å². The predicted molar refractivity (Wildman–Crippen MR) is 80.8 cm³/mol. The van der Waals surface area contributed by atoms with Crippen molar-refractivity contribution in [3.8, 4) is 11.5 Å². The summed E-state index contributed by atoms with van der Waals surface area (Å²) >= 11 is 0. The van der Waals surface area contributed by atoms with Gasteiger partial charge in [-0.15, -0.1) is 0 Å². The van der Waals surface area contributed by atoms with Crippen molar-refractivity contribution in [1.82, 2.24) is 0 Å². The van der Waals surface area contributed by atoms with Crippen molar-refractivity contribution in [1.29, 1.82) is 0 Å². The van der Waals surface area contributed by atoms with E-state index in [2.05, 4.69) is 0 Å². The Morgan fingerprint density at radius 3 is 2.77 bits per heavy atom. The molecule has 1 aliphatic rings. The molecule has 2 aromatic rings. The van der Waals surface area contributed by atoms with E-state index in [1.165, 1.54) is 24.3 Å². The highest BCUT2D eigenvalue weighted by Gasteiger charge is 2.29. The van der Waals surface area contributed by atoms with Gasteiger partial charge in [-0.05, 0) is 43.3 Å². The van der Waals surface area contributed by atoms with Crippen LogP contribution in [0.2, 0.25) is 0 Å². The number of carbonyl (C=O) groups excluding carboxylic acids is 1. The van der Waals surface area contributed by atoms with Crippen LogP contribution < -0.4 is 14.4 Å². The molecule has 4 nitrogen and oxygen atoms in total. The van der Waals surface area contributed by atoms with E-state index in [-0.39, 0.29) is 24.4 Å². The van der Waals surface area contributed by atoms with E-state index in [1.54, 1.807) is 4.90 Å². The summed E-state index contributed by atoms with van der Waals surface area (Å²) in [5.74, 6) is 0.654. The van der Waals surface area contributed by atoms with Crippen molar-refractivity contribution in [2.75, 3.05) is 18.1 Å². The Hall–Kier alpha value is -2.56. The molecule has 5 heteroatoms. The Labute approximate surface area is 128 Å². The van der Waals surface area contributed by atoms with E-state index < -0.39 is 0 Å². The Kier molecular flexibility index (Phi) is 3.96. The fraction of sp³-hybridized carbons (Fsp3) is 0.235. The highest BCUT2D eigenvalue weighted by Crippen LogP contribution is 2.33. The molecule has 2 aromatic carbocycles. The molecule has 0 aromatic heterocycles. The quantitative estimate of drug-likeness (QED) is 0.874. The molecule has 0 radical (unpaired) electrons. The zero-order valence-electron chi connectivity index (χ0n) is 12.2. The number of anilines is 1. The Balaban J connectivity index is 1.73. The minimum Gasteiger partial charge on any atom is -0.489 e. The number of nitrogens with zero attached hydrogens (tertiary/aromatic N) is 1. The zero-order chi connectivity index (χ0) is 15.5. The number of halogens is 1. The molecule has 114 valence electrons. The minimum atomic E-state index is -0.339. The van der Waals surface area contributed by atoms with Gasteiger partial charge in [-0.25, -0.2) is 4.39 Å². The molecule has 3 rings (SSSR count). The van der Waals surface area contributed by atoms with Gasteiger partial charge in [0.2, 0.25) is 0 Å². The largest absolute Gasteiger partial charge is 0.489 e. The molecule has 0 fully saturated rings. The van der Waals surface area contributed by atoms with Gasteiger partial charge in [0.15, 0.2) is 6.61 Å². The fourth-order valence-electron chi connectivity index (χ4n) is 2.43. The van der Waals surface area contributed by atoms with E-state index in [1.807, 2.05) is 31.2 Å². The first kappa shape index (κ1) is 14.4. The maximum Gasteiger partial charge on any atom is 0.265 e. The summed E-state index contributed by atoms with van der Waals surface area (Å²) in [6.45, 7) is 2.26. The lowest BCUT2D eigenvalue weighted by molar-refractivity contribution is -0.121. The Bertz CT molecular complexity index is 672. The highest BCUT2D eigenvalue weighted by molar-refractivity contribution is 5.96. The molecule has 22 heavy (non-hydrogen) atoms. The van der Waals surface area contributed by atoms with Crippen LogP contribution in [0, 0.1) is 5.82 Å². The first-order valence-corrected chi connectivity index (χ1v) is 7.07. The van der Waals surface area contributed by atoms with E-state index in [9.17, 15) is 9.18 Å². The third kappa shape index (κ3) is 2.88. The number of benzene rings is 2. The van der Waals surface area contributed by atoms with Crippen LogP contribution in [-0.4, -0.2) is 25.2 Å². The van der Waals surface area contributed by atoms with Crippen LogP contribution >= 0.6 is 0 Å². The summed E-state index contributed by atoms with van der Waals surface area (Å²) in [7, 11) is 0. The van der Waals surface area contributed by atoms with Gasteiger partial charge in [-0.3, -0.25) is 9.69 Å². The number of carbonyl (C=O) groups is 1. The predicted octanol–water partition coefficient (Wildman–Crippen LogP) is 3.02. The molecule has 0 saturated carbocycles. The van der Waals surface area contributed by atoms with Crippen molar-refractivity contribution in [2.24, 2.45) is 0 Å². The first-order chi connectivity index (χ1) is 10.6. The normalized spacial score (nSPS) is 16.6. The zero-order valence-corrected chi connectivity index (χ0v) is 12.2. The Morgan fingerprint density at radius 2 is 2.00 bits per heavy atom. The molecule has 0 aliphatic carbocycles. The van der Waals surface area contributed by atoms with Crippen LogP contribution in [-0.2, 0) is 4.79 Å². The number of hydrogen-bond donors (Lipinski definition) is 0. The van der Waals surface area contributed by atoms with Crippen LogP contribution in [0.15, 0.2) is 48.5 Å². The third-order valence-corrected chi connectivity index (χ3v) is 3.49. The van der Waals surface area contributed by atoms with E-state index in [0.29, 0.717) is 18.1 Å². The number of ether oxygens (including phenoxy) is 2. The number of amides is 1. The van der Waals surface area contributed by atoms with Crippen LogP contribution in [0.25, 0.3) is 0 Å². The maximum absolute atomic E-state index is 12.8. The average Bonchev–Trinajstić information content (AvgIpc) is 2.54. The van der Waals surface area contributed by atoms with Crippen molar-refractivity contribution >= 4 is 11.6 Å². The van der Waals surface area contributed by atoms with E-state index >= 15 is 0 Å². The van der Waals surface area contributed by atoms with Crippen LogP contribution in [0.3, 0.4) is 0 Å². The second kappa shape index (κ2) is 6.05. The van der Waals surface area contributed by atoms with Crippen molar-refractivity contribution < 1.29 is 18.7 Å². The standard InChI is InChI=1S/C17H16FNO3/c1-12-10-22-16-5-3-2-4-15(16)19(12)17(20)11-21-14-8-6-13(18)7-9-14/h2-9,12H,10-11H2,1H3. The summed E-state index contributed by atoms with van der Waals surface area (Å²) < 4.78 is 23.9. The molecule has 1 heterocycles. The number of para-hydroxylation sites is 2. The van der Waals surface area contributed by atoms with Gasteiger partial charge in [-0.2, -0.15) is 0 Å². The lowest BCUT2D eigenvalue weighted by Gasteiger charge is -2.34. The van der Waals surface area contributed by atoms with Gasteiger partial charge < -0.3 is 9.47 Å². The van der Waals surface area contributed by atoms with Gasteiger partial charge >= 0.3 is 0 Å². The molecule has 0 N–H and O–H groups in total. The van der Waals surface area contributed by atoms with Crippen LogP contribution in [0.4, 0.5) is 10.1 Å². The second-order valence-corrected chi connectivity index (χ2v) is 5.13. The summed E-state index contributed by atoms with van der Waals surface area (Å²) in [4.78, 5) is 14.2. The summed E-state index contributed by atoms with van der Waals surface area (Å²) in [6, 6.07) is 12.9. The van der Waals surface area contributed by atoms with Crippen molar-refractivity contribution in [3.05, 3.63) is 54.3 Å². The van der Waals surface area contributed by atoms with E-state index in [4.69, 9.17) is 9.47 Å². The molecule has 0 bridgehead atoms. The molecule has 1 aliphatic heterocycles. The molecular formula is C17H16FNO3. The van der Waals surface area contributed by atoms with Gasteiger partial charge in [0.25, 0.3) is 5.91 Å². The minimum absolute atomic E-state index is 0.0702. The van der Waals surface area contributed by atoms with Crippen molar-refractivity contribution in [2.45, 2.75) is 13.0 Å². The molecule has 1 amide bonds. The van der Waals surface area contributed by atoms with Crippen LogP contribution in [0.5, 0.6) is 11.5 Å². The summed E-state index contributed by atoms with van der Waals surface area (Å²) in [5, 5.41) is 0. The summed E-state index contributed by atoms with van der Waals surface area (Å²) in [5.41, 5.74) is 0.744. The molecule has 0 saturated heterocycles. The summed E-state index contributed by atoms with van der Waals surface area (Å²) in [6.07, 6.45) is 0. The second-order valence-electron chi connectivity index (χ2n) is 5.13. The fourth-order valence-corrected chi connectivity index (χ4v) is 2.43. The monoisotopic (exact) mass is 301 g/mol. The molecule has 1 unspecified atom stereocenters. The van der Waals surface area contributed by atoms with Gasteiger partial charge in [0.1, 0.15) is 23.9 Å². The number of fused-ring (bicyclic) bond motifs is 1. The smallest absolute Gasteiger partial charge is 0.265 e.